The fourth-order valence-electron chi connectivity index (χ4n) is 2.85. The van der Waals surface area contributed by atoms with Crippen molar-refractivity contribution in [2.24, 2.45) is 0 Å². The molecule has 0 spiro atoms. The third-order valence-corrected chi connectivity index (χ3v) is 5.30. The number of carbonyl (C=O) groups excluding carboxylic acids is 1. The van der Waals surface area contributed by atoms with E-state index in [2.05, 4.69) is 0 Å². The number of ether oxygens (including phenoxy) is 2. The van der Waals surface area contributed by atoms with Gasteiger partial charge in [0.25, 0.3) is 0 Å². The first kappa shape index (κ1) is 19.6. The second kappa shape index (κ2) is 9.19. The molecule has 0 fully saturated rings. The molecule has 1 heterocycles. The summed E-state index contributed by atoms with van der Waals surface area (Å²) in [5.41, 5.74) is 1.30. The average molecular weight is 393 g/mol. The molecule has 27 heavy (non-hydrogen) atoms. The number of benzene rings is 2. The molecule has 0 aliphatic carbocycles. The molecule has 1 aliphatic heterocycles. The molecular formula is C20H21F2NO3S. The Labute approximate surface area is 161 Å². The fourth-order valence-corrected chi connectivity index (χ4v) is 3.71. The number of halogens is 2. The van der Waals surface area contributed by atoms with Crippen LogP contribution in [0.25, 0.3) is 0 Å². The maximum atomic E-state index is 13.8. The largest absolute Gasteiger partial charge is 0.467 e. The first-order valence-corrected chi connectivity index (χ1v) is 9.65. The zero-order chi connectivity index (χ0) is 19.2. The molecule has 0 atom stereocenters. The van der Waals surface area contributed by atoms with Crippen molar-refractivity contribution in [3.63, 3.8) is 0 Å². The van der Waals surface area contributed by atoms with Crippen LogP contribution in [0.3, 0.4) is 0 Å². The number of fused-ring (bicyclic) bond motifs is 1. The number of hydrogen-bond acceptors (Lipinski definition) is 4. The minimum Gasteiger partial charge on any atom is -0.467 e. The van der Waals surface area contributed by atoms with E-state index in [1.807, 2.05) is 0 Å². The Morgan fingerprint density at radius 3 is 2.74 bits per heavy atom. The number of rotatable bonds is 7. The van der Waals surface area contributed by atoms with Crippen LogP contribution in [0.15, 0.2) is 41.3 Å². The van der Waals surface area contributed by atoms with Crippen LogP contribution in [0.2, 0.25) is 0 Å². The van der Waals surface area contributed by atoms with Gasteiger partial charge in [0, 0.05) is 36.0 Å². The number of amides is 1. The van der Waals surface area contributed by atoms with Crippen molar-refractivity contribution in [1.29, 1.82) is 0 Å². The lowest BCUT2D eigenvalue weighted by atomic mass is 10.1. The highest BCUT2D eigenvalue weighted by Gasteiger charge is 2.19. The highest BCUT2D eigenvalue weighted by molar-refractivity contribution is 7.99. The third kappa shape index (κ3) is 5.43. The highest BCUT2D eigenvalue weighted by Crippen LogP contribution is 2.30. The highest BCUT2D eigenvalue weighted by atomic mass is 32.2. The molecule has 7 heteroatoms. The average Bonchev–Trinajstić information content (AvgIpc) is 2.66. The van der Waals surface area contributed by atoms with Crippen LogP contribution in [0.5, 0.6) is 5.75 Å². The third-order valence-electron chi connectivity index (χ3n) is 4.20. The maximum absolute atomic E-state index is 13.8. The van der Waals surface area contributed by atoms with Crippen LogP contribution in [-0.4, -0.2) is 30.4 Å². The molecule has 0 unspecified atom stereocenters. The van der Waals surface area contributed by atoms with Crippen LogP contribution in [-0.2, 0) is 22.7 Å². The van der Waals surface area contributed by atoms with Gasteiger partial charge in [-0.05, 0) is 48.6 Å². The Balaban J connectivity index is 1.49. The molecule has 3 rings (SSSR count). The topological polar surface area (TPSA) is 38.8 Å². The smallest absolute Gasteiger partial charge is 0.222 e. The molecule has 1 amide bonds. The Kier molecular flexibility index (Phi) is 6.68. The zero-order valence-corrected chi connectivity index (χ0v) is 15.9. The Morgan fingerprint density at radius 1 is 1.19 bits per heavy atom. The summed E-state index contributed by atoms with van der Waals surface area (Å²) in [6, 6.07) is 9.10. The van der Waals surface area contributed by atoms with Crippen molar-refractivity contribution in [2.45, 2.75) is 30.9 Å². The quantitative estimate of drug-likeness (QED) is 0.518. The summed E-state index contributed by atoms with van der Waals surface area (Å²) in [5, 5.41) is 0. The van der Waals surface area contributed by atoms with Crippen molar-refractivity contribution in [3.05, 3.63) is 59.2 Å². The van der Waals surface area contributed by atoms with Gasteiger partial charge < -0.3 is 14.4 Å². The van der Waals surface area contributed by atoms with Gasteiger partial charge in [0.2, 0.25) is 5.91 Å². The summed E-state index contributed by atoms with van der Waals surface area (Å²) in [6.07, 6.45) is 1.10. The van der Waals surface area contributed by atoms with Gasteiger partial charge in [-0.1, -0.05) is 0 Å². The van der Waals surface area contributed by atoms with E-state index in [4.69, 9.17) is 9.47 Å². The summed E-state index contributed by atoms with van der Waals surface area (Å²) in [7, 11) is 1.70. The van der Waals surface area contributed by atoms with Gasteiger partial charge in [-0.3, -0.25) is 4.79 Å². The maximum Gasteiger partial charge on any atom is 0.222 e. The van der Waals surface area contributed by atoms with Gasteiger partial charge >= 0.3 is 0 Å². The van der Waals surface area contributed by atoms with Crippen molar-refractivity contribution in [2.75, 3.05) is 19.6 Å². The Bertz CT molecular complexity index is 799. The Morgan fingerprint density at radius 2 is 1.96 bits per heavy atom. The van der Waals surface area contributed by atoms with Crippen molar-refractivity contribution >= 4 is 17.7 Å². The van der Waals surface area contributed by atoms with Crippen LogP contribution in [0.1, 0.15) is 24.0 Å². The van der Waals surface area contributed by atoms with Crippen molar-refractivity contribution in [1.82, 2.24) is 4.90 Å². The number of nitrogens with zero attached hydrogens (tertiary/aromatic N) is 1. The molecule has 2 aromatic carbocycles. The molecule has 1 aliphatic rings. The first-order chi connectivity index (χ1) is 13.0. The van der Waals surface area contributed by atoms with E-state index in [1.54, 1.807) is 35.8 Å². The van der Waals surface area contributed by atoms with Crippen LogP contribution < -0.4 is 4.74 Å². The van der Waals surface area contributed by atoms with E-state index in [1.165, 1.54) is 24.3 Å². The van der Waals surface area contributed by atoms with Gasteiger partial charge in [0.05, 0.1) is 6.61 Å². The van der Waals surface area contributed by atoms with Gasteiger partial charge in [0.1, 0.15) is 17.4 Å². The number of carbonyl (C=O) groups is 1. The summed E-state index contributed by atoms with van der Waals surface area (Å²) >= 11 is 1.59. The first-order valence-electron chi connectivity index (χ1n) is 8.67. The van der Waals surface area contributed by atoms with Gasteiger partial charge in [0.15, 0.2) is 6.79 Å². The van der Waals surface area contributed by atoms with Crippen LogP contribution >= 0.6 is 11.8 Å². The number of hydrogen-bond donors (Lipinski definition) is 0. The van der Waals surface area contributed by atoms with E-state index in [9.17, 15) is 13.6 Å². The predicted octanol–water partition coefficient (Wildman–Crippen LogP) is 4.36. The lowest BCUT2D eigenvalue weighted by molar-refractivity contribution is -0.130. The summed E-state index contributed by atoms with van der Waals surface area (Å²) in [5.74, 6) is 0.732. The predicted molar refractivity (Wildman–Crippen MR) is 99.5 cm³/mol. The molecule has 0 radical (unpaired) electrons. The lowest BCUT2D eigenvalue weighted by Gasteiger charge is -2.24. The van der Waals surface area contributed by atoms with Gasteiger partial charge in [-0.2, -0.15) is 0 Å². The molecule has 4 nitrogen and oxygen atoms in total. The second-order valence-corrected chi connectivity index (χ2v) is 7.49. The van der Waals surface area contributed by atoms with E-state index in [-0.39, 0.29) is 30.9 Å². The monoisotopic (exact) mass is 393 g/mol. The van der Waals surface area contributed by atoms with E-state index >= 15 is 0 Å². The zero-order valence-electron chi connectivity index (χ0n) is 15.0. The Hall–Kier alpha value is -2.12. The molecule has 0 saturated heterocycles. The van der Waals surface area contributed by atoms with Gasteiger partial charge in [-0.15, -0.1) is 11.8 Å². The SMILES string of the molecule is CN(Cc1cc(F)cc2c1OCOC2)C(=O)CCCSc1ccc(F)cc1. The van der Waals surface area contributed by atoms with Crippen LogP contribution in [0, 0.1) is 11.6 Å². The van der Waals surface area contributed by atoms with E-state index < -0.39 is 0 Å². The molecule has 0 bridgehead atoms. The normalized spacial score (nSPS) is 13.0. The molecule has 0 N–H and O–H groups in total. The van der Waals surface area contributed by atoms with E-state index in [0.717, 1.165) is 10.6 Å². The second-order valence-electron chi connectivity index (χ2n) is 6.32. The van der Waals surface area contributed by atoms with Crippen molar-refractivity contribution < 1.29 is 23.0 Å². The summed E-state index contributed by atoms with van der Waals surface area (Å²) < 4.78 is 37.3. The standard InChI is InChI=1S/C20H21F2NO3S/c1-23(11-14-9-17(22)10-15-12-25-13-26-20(14)15)19(24)3-2-8-27-18-6-4-16(21)5-7-18/h4-7,9-10H,2-3,8,11-13H2,1H3. The fraction of sp³-hybridized carbons (Fsp3) is 0.350. The lowest BCUT2D eigenvalue weighted by Crippen LogP contribution is -2.27. The molecule has 0 aromatic heterocycles. The molecule has 144 valence electrons. The van der Waals surface area contributed by atoms with Crippen molar-refractivity contribution in [3.8, 4) is 5.75 Å². The minimum atomic E-state index is -0.366. The summed E-state index contributed by atoms with van der Waals surface area (Å²) in [4.78, 5) is 14.9. The molecule has 2 aromatic rings. The van der Waals surface area contributed by atoms with E-state index in [0.29, 0.717) is 36.3 Å². The molecule has 0 saturated carbocycles. The van der Waals surface area contributed by atoms with Gasteiger partial charge in [-0.25, -0.2) is 8.78 Å². The van der Waals surface area contributed by atoms with Crippen LogP contribution in [0.4, 0.5) is 8.78 Å². The number of thioether (sulfide) groups is 1. The summed E-state index contributed by atoms with van der Waals surface area (Å²) in [6.45, 7) is 0.715. The molecular weight excluding hydrogens is 372 g/mol. The minimum absolute atomic E-state index is 0.0141.